The van der Waals surface area contributed by atoms with Gasteiger partial charge in [-0.25, -0.2) is 18.0 Å². The van der Waals surface area contributed by atoms with Crippen molar-refractivity contribution in [1.29, 1.82) is 0 Å². The van der Waals surface area contributed by atoms with Gasteiger partial charge in [0, 0.05) is 0 Å². The minimum absolute atomic E-state index is 0.000278. The Morgan fingerprint density at radius 2 is 1.63 bits per heavy atom. The average molecular weight is 434 g/mol. The first-order chi connectivity index (χ1) is 14.1. The Labute approximate surface area is 174 Å². The first-order valence-corrected chi connectivity index (χ1v) is 10.6. The van der Waals surface area contributed by atoms with Crippen LogP contribution >= 0.6 is 0 Å². The Kier molecular flexibility index (Phi) is 7.17. The predicted molar refractivity (Wildman–Crippen MR) is 111 cm³/mol. The molecule has 0 spiro atoms. The number of rotatable bonds is 7. The molecule has 9 nitrogen and oxygen atoms in total. The van der Waals surface area contributed by atoms with Crippen molar-refractivity contribution in [2.75, 3.05) is 36.6 Å². The number of amides is 1. The SMILES string of the molecule is COC(=O)c1ccc(C(=O)OC)c(NC(=O)CN(c2ccccc2C)S(C)(=O)=O)c1. The largest absolute Gasteiger partial charge is 0.465 e. The van der Waals surface area contributed by atoms with Crippen molar-refractivity contribution in [3.63, 3.8) is 0 Å². The molecule has 2 aromatic carbocycles. The second-order valence-corrected chi connectivity index (χ2v) is 8.25. The molecule has 0 bridgehead atoms. The number of sulfonamides is 1. The number of para-hydroxylation sites is 1. The van der Waals surface area contributed by atoms with Crippen molar-refractivity contribution in [3.8, 4) is 0 Å². The lowest BCUT2D eigenvalue weighted by molar-refractivity contribution is -0.114. The van der Waals surface area contributed by atoms with Crippen LogP contribution in [0.5, 0.6) is 0 Å². The lowest BCUT2D eigenvalue weighted by Gasteiger charge is -2.23. The van der Waals surface area contributed by atoms with Gasteiger partial charge in [0.25, 0.3) is 0 Å². The molecule has 30 heavy (non-hydrogen) atoms. The summed E-state index contributed by atoms with van der Waals surface area (Å²) in [6.07, 6.45) is 0.991. The third kappa shape index (κ3) is 5.35. The van der Waals surface area contributed by atoms with E-state index in [1.165, 1.54) is 32.4 Å². The minimum atomic E-state index is -3.78. The highest BCUT2D eigenvalue weighted by molar-refractivity contribution is 7.92. The van der Waals surface area contributed by atoms with E-state index >= 15 is 0 Å². The maximum Gasteiger partial charge on any atom is 0.339 e. The monoisotopic (exact) mass is 434 g/mol. The van der Waals surface area contributed by atoms with Gasteiger partial charge in [0.05, 0.1) is 43.0 Å². The molecule has 160 valence electrons. The summed E-state index contributed by atoms with van der Waals surface area (Å²) < 4.78 is 34.9. The first kappa shape index (κ1) is 22.9. The van der Waals surface area contributed by atoms with Crippen LogP contribution in [0.3, 0.4) is 0 Å². The van der Waals surface area contributed by atoms with E-state index in [-0.39, 0.29) is 16.8 Å². The number of aryl methyl sites for hydroxylation is 1. The summed E-state index contributed by atoms with van der Waals surface area (Å²) >= 11 is 0. The molecule has 0 unspecified atom stereocenters. The van der Waals surface area contributed by atoms with Gasteiger partial charge < -0.3 is 14.8 Å². The fourth-order valence-corrected chi connectivity index (χ4v) is 3.64. The Bertz CT molecular complexity index is 1080. The smallest absolute Gasteiger partial charge is 0.339 e. The topological polar surface area (TPSA) is 119 Å². The molecule has 1 amide bonds. The molecule has 0 aliphatic heterocycles. The summed E-state index contributed by atoms with van der Waals surface area (Å²) in [7, 11) is -1.41. The van der Waals surface area contributed by atoms with Crippen LogP contribution in [-0.2, 0) is 24.3 Å². The van der Waals surface area contributed by atoms with Crippen LogP contribution in [0.15, 0.2) is 42.5 Å². The number of ether oxygens (including phenoxy) is 2. The summed E-state index contributed by atoms with van der Waals surface area (Å²) in [5.41, 5.74) is 1.11. The normalized spacial score (nSPS) is 10.8. The number of hydrogen-bond acceptors (Lipinski definition) is 7. The van der Waals surface area contributed by atoms with Crippen LogP contribution in [0.1, 0.15) is 26.3 Å². The van der Waals surface area contributed by atoms with Crippen LogP contribution in [-0.4, -0.2) is 53.3 Å². The fourth-order valence-electron chi connectivity index (χ4n) is 2.72. The zero-order chi connectivity index (χ0) is 22.5. The molecule has 2 aromatic rings. The Balaban J connectivity index is 2.38. The Morgan fingerprint density at radius 3 is 2.20 bits per heavy atom. The molecule has 1 N–H and O–H groups in total. The predicted octanol–water partition coefficient (Wildman–Crippen LogP) is 1.97. The van der Waals surface area contributed by atoms with Gasteiger partial charge in [0.15, 0.2) is 0 Å². The first-order valence-electron chi connectivity index (χ1n) is 8.72. The van der Waals surface area contributed by atoms with Crippen LogP contribution < -0.4 is 9.62 Å². The molecule has 0 fully saturated rings. The van der Waals surface area contributed by atoms with E-state index in [1.54, 1.807) is 31.2 Å². The lowest BCUT2D eigenvalue weighted by Crippen LogP contribution is -2.38. The van der Waals surface area contributed by atoms with Gasteiger partial charge in [-0.1, -0.05) is 18.2 Å². The molecular formula is C20H22N2O7S. The molecule has 0 aliphatic carbocycles. The minimum Gasteiger partial charge on any atom is -0.465 e. The number of carbonyl (C=O) groups is 3. The van der Waals surface area contributed by atoms with E-state index < -0.39 is 34.4 Å². The Hall–Kier alpha value is -3.40. The van der Waals surface area contributed by atoms with Crippen molar-refractivity contribution in [2.24, 2.45) is 0 Å². The van der Waals surface area contributed by atoms with Gasteiger partial charge in [-0.15, -0.1) is 0 Å². The number of nitrogens with zero attached hydrogens (tertiary/aromatic N) is 1. The molecule has 0 saturated carbocycles. The molecule has 0 atom stereocenters. The van der Waals surface area contributed by atoms with E-state index in [1.807, 2.05) is 0 Å². The highest BCUT2D eigenvalue weighted by Gasteiger charge is 2.24. The maximum atomic E-state index is 12.7. The van der Waals surface area contributed by atoms with Gasteiger partial charge in [0.2, 0.25) is 15.9 Å². The number of benzene rings is 2. The van der Waals surface area contributed by atoms with Crippen molar-refractivity contribution < 1.29 is 32.3 Å². The molecule has 10 heteroatoms. The quantitative estimate of drug-likeness (QED) is 0.662. The standard InChI is InChI=1S/C20H22N2O7S/c1-13-7-5-6-8-17(13)22(30(4,26)27)12-18(23)21-16-11-14(19(24)28-2)9-10-15(16)20(25)29-3/h5-11H,12H2,1-4H3,(H,21,23). The highest BCUT2D eigenvalue weighted by atomic mass is 32.2. The van der Waals surface area contributed by atoms with Gasteiger partial charge in [0.1, 0.15) is 6.54 Å². The van der Waals surface area contributed by atoms with E-state index in [9.17, 15) is 22.8 Å². The van der Waals surface area contributed by atoms with Crippen LogP contribution in [0, 0.1) is 6.92 Å². The number of nitrogens with one attached hydrogen (secondary N) is 1. The fraction of sp³-hybridized carbons (Fsp3) is 0.250. The van der Waals surface area contributed by atoms with Crippen molar-refractivity contribution >= 4 is 39.2 Å². The summed E-state index contributed by atoms with van der Waals surface area (Å²) in [4.78, 5) is 36.5. The number of anilines is 2. The third-order valence-corrected chi connectivity index (χ3v) is 5.32. The van der Waals surface area contributed by atoms with E-state index in [0.717, 1.165) is 10.6 Å². The van der Waals surface area contributed by atoms with Crippen LogP contribution in [0.2, 0.25) is 0 Å². The molecule has 0 aromatic heterocycles. The van der Waals surface area contributed by atoms with E-state index in [0.29, 0.717) is 11.3 Å². The van der Waals surface area contributed by atoms with Gasteiger partial charge in [-0.05, 0) is 36.8 Å². The summed E-state index contributed by atoms with van der Waals surface area (Å²) in [5.74, 6) is -2.11. The zero-order valence-corrected chi connectivity index (χ0v) is 17.8. The van der Waals surface area contributed by atoms with Gasteiger partial charge in [-0.3, -0.25) is 9.10 Å². The maximum absolute atomic E-state index is 12.7. The van der Waals surface area contributed by atoms with Crippen molar-refractivity contribution in [3.05, 3.63) is 59.2 Å². The van der Waals surface area contributed by atoms with Gasteiger partial charge >= 0.3 is 11.9 Å². The summed E-state index contributed by atoms with van der Waals surface area (Å²) in [6, 6.07) is 10.6. The van der Waals surface area contributed by atoms with E-state index in [2.05, 4.69) is 10.1 Å². The number of methoxy groups -OCH3 is 2. The van der Waals surface area contributed by atoms with Crippen molar-refractivity contribution in [2.45, 2.75) is 6.92 Å². The van der Waals surface area contributed by atoms with E-state index in [4.69, 9.17) is 4.74 Å². The second kappa shape index (κ2) is 9.40. The molecule has 0 heterocycles. The Morgan fingerprint density at radius 1 is 1.00 bits per heavy atom. The van der Waals surface area contributed by atoms with Crippen LogP contribution in [0.25, 0.3) is 0 Å². The van der Waals surface area contributed by atoms with Crippen molar-refractivity contribution in [1.82, 2.24) is 0 Å². The molecule has 2 rings (SSSR count). The average Bonchev–Trinajstić information content (AvgIpc) is 2.70. The zero-order valence-electron chi connectivity index (χ0n) is 17.0. The lowest BCUT2D eigenvalue weighted by atomic mass is 10.1. The summed E-state index contributed by atoms with van der Waals surface area (Å²) in [5, 5.41) is 2.48. The number of esters is 2. The molecular weight excluding hydrogens is 412 g/mol. The summed E-state index contributed by atoms with van der Waals surface area (Å²) in [6.45, 7) is 1.19. The number of carbonyl (C=O) groups excluding carboxylic acids is 3. The molecule has 0 radical (unpaired) electrons. The number of hydrogen-bond donors (Lipinski definition) is 1. The third-order valence-electron chi connectivity index (χ3n) is 4.19. The van der Waals surface area contributed by atoms with Crippen LogP contribution in [0.4, 0.5) is 11.4 Å². The molecule has 0 aliphatic rings. The van der Waals surface area contributed by atoms with Gasteiger partial charge in [-0.2, -0.15) is 0 Å². The molecule has 0 saturated heterocycles. The highest BCUT2D eigenvalue weighted by Crippen LogP contribution is 2.23. The second-order valence-electron chi connectivity index (χ2n) is 6.35.